The van der Waals surface area contributed by atoms with Crippen LogP contribution in [0.1, 0.15) is 142 Å². The van der Waals surface area contributed by atoms with Crippen LogP contribution in [0.15, 0.2) is 82.6 Å². The molecular formula is C46H76N4O6S2. The third kappa shape index (κ3) is 29.6. The Morgan fingerprint density at radius 3 is 1.41 bits per heavy atom. The number of rotatable bonds is 32. The summed E-state index contributed by atoms with van der Waals surface area (Å²) in [5.41, 5.74) is 0. The number of carbonyl (C=O) groups excluding carboxylic acids is 2. The summed E-state index contributed by atoms with van der Waals surface area (Å²) >= 11 is 1.73. The lowest BCUT2D eigenvalue weighted by atomic mass is 10.1. The number of hydrogen-bond donors (Lipinski definition) is 6. The van der Waals surface area contributed by atoms with Crippen molar-refractivity contribution < 1.29 is 28.2 Å². The van der Waals surface area contributed by atoms with Crippen molar-refractivity contribution in [1.82, 2.24) is 21.3 Å². The van der Waals surface area contributed by atoms with E-state index < -0.39 is 9.84 Å². The minimum absolute atomic E-state index is 0.0216. The van der Waals surface area contributed by atoms with Gasteiger partial charge >= 0.3 is 12.1 Å². The van der Waals surface area contributed by atoms with Gasteiger partial charge in [0, 0.05) is 31.1 Å². The molecule has 2 aromatic rings. The van der Waals surface area contributed by atoms with Gasteiger partial charge < -0.3 is 31.5 Å². The van der Waals surface area contributed by atoms with Crippen LogP contribution >= 0.6 is 11.8 Å². The van der Waals surface area contributed by atoms with E-state index in [2.05, 4.69) is 59.4 Å². The molecule has 0 heterocycles. The van der Waals surface area contributed by atoms with Gasteiger partial charge in [0.25, 0.3) is 0 Å². The summed E-state index contributed by atoms with van der Waals surface area (Å²) < 4.78 is 24.5. The van der Waals surface area contributed by atoms with Crippen molar-refractivity contribution in [2.75, 3.05) is 37.7 Å². The number of aromatic hydroxyl groups is 2. The quantitative estimate of drug-likeness (QED) is 0.0243. The highest BCUT2D eigenvalue weighted by Crippen LogP contribution is 2.28. The maximum absolute atomic E-state index is 12.2. The predicted molar refractivity (Wildman–Crippen MR) is 244 cm³/mol. The second-order valence-corrected chi connectivity index (χ2v) is 17.7. The van der Waals surface area contributed by atoms with E-state index in [9.17, 15) is 28.2 Å². The predicted octanol–water partition coefficient (Wildman–Crippen LogP) is 11.2. The Bertz CT molecular complexity index is 1500. The molecule has 0 radical (unpaired) electrons. The zero-order valence-corrected chi connectivity index (χ0v) is 37.3. The van der Waals surface area contributed by atoms with Crippen LogP contribution in [0.5, 0.6) is 11.5 Å². The number of phenols is 2. The van der Waals surface area contributed by atoms with E-state index in [1.54, 1.807) is 30.0 Å². The molecule has 58 heavy (non-hydrogen) atoms. The van der Waals surface area contributed by atoms with Crippen LogP contribution in [0, 0.1) is 0 Å². The van der Waals surface area contributed by atoms with Crippen LogP contribution in [0.4, 0.5) is 9.59 Å². The standard InChI is InChI=1S/C23H38N2O4S.C23H38N2O2S/c1-2-3-13-18-24-23(27)25-19-14-9-7-5-4-6-8-10-15-20-30(28,29)22-17-12-11-16-21(22)26;1-2-3-13-18-24-23(27)25-19-14-9-7-5-4-6-8-10-15-20-28-22-17-12-11-16-21(22)26/h4-5,11-12,16-17,26H,2-3,6-10,13-15,18-20H2,1H3,(H2,24,25,27);4-5,11-12,16-17,26H,2-3,6-10,13-15,18-20H2,1H3,(H2,24,25,27)/b2*5-4-. The summed E-state index contributed by atoms with van der Waals surface area (Å²) in [6.45, 7) is 7.26. The number of amides is 4. The number of carbonyl (C=O) groups is 2. The van der Waals surface area contributed by atoms with Crippen LogP contribution in [-0.4, -0.2) is 68.4 Å². The number of phenolic OH excluding ortho intramolecular Hbond substituents is 2. The largest absolute Gasteiger partial charge is 0.507 e. The number of para-hydroxylation sites is 2. The number of hydrogen-bond acceptors (Lipinski definition) is 7. The first-order valence-electron chi connectivity index (χ1n) is 22.0. The molecule has 10 nitrogen and oxygen atoms in total. The first kappa shape index (κ1) is 52.4. The van der Waals surface area contributed by atoms with Crippen molar-refractivity contribution in [2.24, 2.45) is 0 Å². The number of allylic oxidation sites excluding steroid dienone is 4. The summed E-state index contributed by atoms with van der Waals surface area (Å²) in [5, 5.41) is 30.9. The minimum Gasteiger partial charge on any atom is -0.507 e. The van der Waals surface area contributed by atoms with E-state index >= 15 is 0 Å². The highest BCUT2D eigenvalue weighted by molar-refractivity contribution is 7.99. The molecule has 0 aliphatic rings. The van der Waals surface area contributed by atoms with Gasteiger partial charge in [0.15, 0.2) is 9.84 Å². The molecule has 0 saturated heterocycles. The Morgan fingerprint density at radius 1 is 0.534 bits per heavy atom. The third-order valence-corrected chi connectivity index (χ3v) is 12.2. The number of unbranched alkanes of at least 4 members (excludes halogenated alkanes) is 14. The molecule has 328 valence electrons. The lowest BCUT2D eigenvalue weighted by Crippen LogP contribution is -2.36. The van der Waals surface area contributed by atoms with Crippen LogP contribution < -0.4 is 21.3 Å². The van der Waals surface area contributed by atoms with Gasteiger partial charge in [-0.15, -0.1) is 11.8 Å². The average Bonchev–Trinajstić information content (AvgIpc) is 3.21. The summed E-state index contributed by atoms with van der Waals surface area (Å²) in [6.07, 6.45) is 29.9. The van der Waals surface area contributed by atoms with Crippen LogP contribution in [0.25, 0.3) is 0 Å². The molecule has 2 aromatic carbocycles. The molecule has 0 bridgehead atoms. The molecule has 12 heteroatoms. The fraction of sp³-hybridized carbons (Fsp3) is 0.609. The van der Waals surface area contributed by atoms with Gasteiger partial charge in [-0.3, -0.25) is 0 Å². The Hall–Kier alpha value is -3.64. The van der Waals surface area contributed by atoms with E-state index in [1.807, 2.05) is 18.2 Å². The average molecular weight is 845 g/mol. The summed E-state index contributed by atoms with van der Waals surface area (Å²) in [4.78, 5) is 24.1. The van der Waals surface area contributed by atoms with Gasteiger partial charge in [0.2, 0.25) is 0 Å². The van der Waals surface area contributed by atoms with Gasteiger partial charge in [-0.05, 0) is 120 Å². The Labute approximate surface area is 355 Å². The van der Waals surface area contributed by atoms with E-state index in [4.69, 9.17) is 0 Å². The van der Waals surface area contributed by atoms with Crippen LogP contribution in [0.3, 0.4) is 0 Å². The van der Waals surface area contributed by atoms with Gasteiger partial charge in [0.1, 0.15) is 16.4 Å². The molecule has 6 N–H and O–H groups in total. The summed E-state index contributed by atoms with van der Waals surface area (Å²) in [7, 11) is -3.42. The molecule has 0 saturated carbocycles. The molecule has 0 unspecified atom stereocenters. The first-order valence-corrected chi connectivity index (χ1v) is 24.6. The second-order valence-electron chi connectivity index (χ2n) is 14.5. The molecule has 4 amide bonds. The number of sulfone groups is 1. The van der Waals surface area contributed by atoms with Crippen molar-refractivity contribution >= 4 is 33.7 Å². The van der Waals surface area contributed by atoms with E-state index in [-0.39, 0.29) is 28.5 Å². The minimum atomic E-state index is -3.42. The zero-order valence-electron chi connectivity index (χ0n) is 35.7. The van der Waals surface area contributed by atoms with E-state index in [1.165, 1.54) is 44.2 Å². The fourth-order valence-electron chi connectivity index (χ4n) is 5.79. The Kier molecular flexibility index (Phi) is 32.9. The van der Waals surface area contributed by atoms with Crippen molar-refractivity contribution in [3.8, 4) is 11.5 Å². The molecule has 0 spiro atoms. The maximum Gasteiger partial charge on any atom is 0.314 e. The van der Waals surface area contributed by atoms with Gasteiger partial charge in [-0.25, -0.2) is 18.0 Å². The molecule has 0 aliphatic heterocycles. The molecule has 2 rings (SSSR count). The highest BCUT2D eigenvalue weighted by atomic mass is 32.2. The monoisotopic (exact) mass is 845 g/mol. The van der Waals surface area contributed by atoms with Crippen molar-refractivity contribution in [2.45, 2.75) is 152 Å². The molecule has 0 aromatic heterocycles. The number of nitrogens with one attached hydrogen (secondary N) is 4. The third-order valence-electron chi connectivity index (χ3n) is 9.25. The van der Waals surface area contributed by atoms with Crippen LogP contribution in [-0.2, 0) is 9.84 Å². The Balaban J connectivity index is 0.000000581. The normalized spacial score (nSPS) is 11.3. The first-order chi connectivity index (χ1) is 28.2. The van der Waals surface area contributed by atoms with Crippen molar-refractivity contribution in [1.29, 1.82) is 0 Å². The Morgan fingerprint density at radius 2 is 0.948 bits per heavy atom. The number of benzene rings is 2. The van der Waals surface area contributed by atoms with Crippen molar-refractivity contribution in [3.63, 3.8) is 0 Å². The van der Waals surface area contributed by atoms with Gasteiger partial charge in [-0.1, -0.05) is 101 Å². The maximum atomic E-state index is 12.2. The van der Waals surface area contributed by atoms with Gasteiger partial charge in [-0.2, -0.15) is 0 Å². The molecule has 0 fully saturated rings. The lowest BCUT2D eigenvalue weighted by Gasteiger charge is -2.06. The molecule has 0 atom stereocenters. The number of urea groups is 2. The van der Waals surface area contributed by atoms with Crippen molar-refractivity contribution in [3.05, 3.63) is 72.8 Å². The topological polar surface area (TPSA) is 157 Å². The molecular weight excluding hydrogens is 769 g/mol. The second kappa shape index (κ2) is 36.4. The van der Waals surface area contributed by atoms with E-state index in [0.717, 1.165) is 120 Å². The number of thioether (sulfide) groups is 1. The highest BCUT2D eigenvalue weighted by Gasteiger charge is 2.17. The van der Waals surface area contributed by atoms with E-state index in [0.29, 0.717) is 18.7 Å². The zero-order chi connectivity index (χ0) is 42.4. The SMILES string of the molecule is CCCCCNC(=O)NCCCC/C=C\CCCCCS(=O)(=O)c1ccccc1O.CCCCCNC(=O)NCCCC/C=C\CCCCCSc1ccccc1O. The fourth-order valence-corrected chi connectivity index (χ4v) is 8.23. The summed E-state index contributed by atoms with van der Waals surface area (Å²) in [6, 6.07) is 13.5. The molecule has 0 aliphatic carbocycles. The smallest absolute Gasteiger partial charge is 0.314 e. The summed E-state index contributed by atoms with van der Waals surface area (Å²) in [5.74, 6) is 1.33. The lowest BCUT2D eigenvalue weighted by molar-refractivity contribution is 0.239. The van der Waals surface area contributed by atoms with Crippen LogP contribution in [0.2, 0.25) is 0 Å². The van der Waals surface area contributed by atoms with Gasteiger partial charge in [0.05, 0.1) is 5.75 Å².